The highest BCUT2D eigenvalue weighted by molar-refractivity contribution is 9.10. The highest BCUT2D eigenvalue weighted by atomic mass is 79.9. The van der Waals surface area contributed by atoms with Gasteiger partial charge in [0.15, 0.2) is 0 Å². The van der Waals surface area contributed by atoms with E-state index in [0.717, 1.165) is 4.47 Å². The van der Waals surface area contributed by atoms with Crippen LogP contribution in [0.4, 0.5) is 5.69 Å². The van der Waals surface area contributed by atoms with Gasteiger partial charge in [0.05, 0.1) is 17.8 Å². The molecule has 0 spiro atoms. The second-order valence-electron chi connectivity index (χ2n) is 4.24. The standard InChI is InChI=1S/C12H12BrN3O3/c1-7-10(2-3-11(17)18)12(19)16(15-7)9-4-8(13)5-14-6-9/h4-6,10H,2-3H2,1H3,(H,17,18). The first-order valence-electron chi connectivity index (χ1n) is 5.70. The van der Waals surface area contributed by atoms with Crippen LogP contribution in [0, 0.1) is 5.92 Å². The number of pyridine rings is 1. The van der Waals surface area contributed by atoms with Crippen LogP contribution in [0.5, 0.6) is 0 Å². The van der Waals surface area contributed by atoms with Crippen molar-refractivity contribution in [1.29, 1.82) is 0 Å². The Kier molecular flexibility index (Phi) is 3.94. The van der Waals surface area contributed by atoms with E-state index < -0.39 is 11.9 Å². The number of carboxylic acid groups (broad SMARTS) is 1. The fourth-order valence-electron chi connectivity index (χ4n) is 1.90. The molecule has 0 saturated heterocycles. The van der Waals surface area contributed by atoms with Crippen molar-refractivity contribution in [2.45, 2.75) is 19.8 Å². The Hall–Kier alpha value is -1.76. The molecule has 1 unspecified atom stereocenters. The van der Waals surface area contributed by atoms with Gasteiger partial charge in [-0.2, -0.15) is 10.1 Å². The smallest absolute Gasteiger partial charge is 0.303 e. The number of aliphatic carboxylic acids is 1. The van der Waals surface area contributed by atoms with Crippen LogP contribution in [-0.4, -0.2) is 27.7 Å². The van der Waals surface area contributed by atoms with Crippen LogP contribution in [0.2, 0.25) is 0 Å². The molecule has 1 aromatic heterocycles. The average Bonchev–Trinajstić information content (AvgIpc) is 2.62. The molecule has 1 aromatic rings. The van der Waals surface area contributed by atoms with E-state index in [1.54, 1.807) is 25.4 Å². The third kappa shape index (κ3) is 2.98. The summed E-state index contributed by atoms with van der Waals surface area (Å²) in [6, 6.07) is 1.74. The largest absolute Gasteiger partial charge is 0.481 e. The van der Waals surface area contributed by atoms with Gasteiger partial charge < -0.3 is 5.11 Å². The number of halogens is 1. The van der Waals surface area contributed by atoms with E-state index in [0.29, 0.717) is 11.4 Å². The summed E-state index contributed by atoms with van der Waals surface area (Å²) >= 11 is 3.28. The fraction of sp³-hybridized carbons (Fsp3) is 0.333. The quantitative estimate of drug-likeness (QED) is 0.918. The molecule has 1 amide bonds. The van der Waals surface area contributed by atoms with Gasteiger partial charge in [0.25, 0.3) is 5.91 Å². The van der Waals surface area contributed by atoms with E-state index in [4.69, 9.17) is 5.11 Å². The van der Waals surface area contributed by atoms with Crippen LogP contribution in [-0.2, 0) is 9.59 Å². The van der Waals surface area contributed by atoms with E-state index >= 15 is 0 Å². The number of nitrogens with zero attached hydrogens (tertiary/aromatic N) is 3. The minimum Gasteiger partial charge on any atom is -0.481 e. The third-order valence-electron chi connectivity index (χ3n) is 2.85. The zero-order valence-corrected chi connectivity index (χ0v) is 11.8. The van der Waals surface area contributed by atoms with Crippen LogP contribution in [0.1, 0.15) is 19.8 Å². The number of amides is 1. The van der Waals surface area contributed by atoms with Crippen molar-refractivity contribution in [2.24, 2.45) is 11.0 Å². The van der Waals surface area contributed by atoms with E-state index in [1.165, 1.54) is 5.01 Å². The number of hydrogen-bond acceptors (Lipinski definition) is 4. The SMILES string of the molecule is CC1=NN(c2cncc(Br)c2)C(=O)C1CCC(=O)O. The maximum atomic E-state index is 12.2. The monoisotopic (exact) mass is 325 g/mol. The van der Waals surface area contributed by atoms with Gasteiger partial charge in [0.1, 0.15) is 0 Å². The highest BCUT2D eigenvalue weighted by Crippen LogP contribution is 2.27. The Bertz CT molecular complexity index is 559. The van der Waals surface area contributed by atoms with Crippen molar-refractivity contribution in [3.8, 4) is 0 Å². The number of hydrazone groups is 1. The van der Waals surface area contributed by atoms with Crippen LogP contribution in [0.25, 0.3) is 0 Å². The number of hydrogen-bond donors (Lipinski definition) is 1. The second kappa shape index (κ2) is 5.48. The summed E-state index contributed by atoms with van der Waals surface area (Å²) in [5.74, 6) is -1.59. The molecule has 0 bridgehead atoms. The van der Waals surface area contributed by atoms with Gasteiger partial charge in [-0.1, -0.05) is 0 Å². The van der Waals surface area contributed by atoms with Gasteiger partial charge in [-0.25, -0.2) is 0 Å². The molecule has 0 radical (unpaired) electrons. The minimum absolute atomic E-state index is 0.0478. The number of carbonyl (C=O) groups is 2. The third-order valence-corrected chi connectivity index (χ3v) is 3.28. The maximum Gasteiger partial charge on any atom is 0.303 e. The number of rotatable bonds is 4. The Labute approximate surface area is 118 Å². The van der Waals surface area contributed by atoms with Crippen molar-refractivity contribution in [2.75, 3.05) is 5.01 Å². The lowest BCUT2D eigenvalue weighted by Gasteiger charge is -2.13. The zero-order chi connectivity index (χ0) is 14.0. The molecule has 100 valence electrons. The van der Waals surface area contributed by atoms with Gasteiger partial charge in [0, 0.05) is 22.8 Å². The van der Waals surface area contributed by atoms with E-state index in [1.807, 2.05) is 0 Å². The summed E-state index contributed by atoms with van der Waals surface area (Å²) in [5.41, 5.74) is 1.20. The van der Waals surface area contributed by atoms with Crippen LogP contribution in [0.3, 0.4) is 0 Å². The molecule has 7 heteroatoms. The molecule has 0 aliphatic carbocycles. The molecule has 1 N–H and O–H groups in total. The van der Waals surface area contributed by atoms with E-state index in [2.05, 4.69) is 26.0 Å². The van der Waals surface area contributed by atoms with Crippen LogP contribution >= 0.6 is 15.9 Å². The summed E-state index contributed by atoms with van der Waals surface area (Å²) < 4.78 is 0.750. The predicted octanol–water partition coefficient (Wildman–Crippen LogP) is 2.05. The lowest BCUT2D eigenvalue weighted by Crippen LogP contribution is -2.27. The number of carbonyl (C=O) groups excluding carboxylic acids is 1. The molecule has 19 heavy (non-hydrogen) atoms. The Morgan fingerprint density at radius 2 is 2.26 bits per heavy atom. The molecule has 1 aliphatic heterocycles. The van der Waals surface area contributed by atoms with Crippen molar-refractivity contribution in [3.05, 3.63) is 22.9 Å². The topological polar surface area (TPSA) is 82.9 Å². The normalized spacial score (nSPS) is 18.6. The van der Waals surface area contributed by atoms with Gasteiger partial charge in [-0.3, -0.25) is 14.6 Å². The van der Waals surface area contributed by atoms with Gasteiger partial charge >= 0.3 is 5.97 Å². The molecule has 1 atom stereocenters. The minimum atomic E-state index is -0.914. The van der Waals surface area contributed by atoms with Crippen molar-refractivity contribution in [3.63, 3.8) is 0 Å². The zero-order valence-electron chi connectivity index (χ0n) is 10.2. The molecule has 2 heterocycles. The summed E-state index contributed by atoms with van der Waals surface area (Å²) in [6.45, 7) is 1.73. The van der Waals surface area contributed by atoms with Crippen LogP contribution < -0.4 is 5.01 Å². The van der Waals surface area contributed by atoms with Gasteiger partial charge in [-0.05, 0) is 35.3 Å². The number of carboxylic acids is 1. The average molecular weight is 326 g/mol. The number of anilines is 1. The summed E-state index contributed by atoms with van der Waals surface area (Å²) in [6.07, 6.45) is 3.37. The molecule has 6 nitrogen and oxygen atoms in total. The first-order valence-corrected chi connectivity index (χ1v) is 6.49. The molecule has 2 rings (SSSR count). The second-order valence-corrected chi connectivity index (χ2v) is 5.15. The summed E-state index contributed by atoms with van der Waals surface area (Å²) in [7, 11) is 0. The van der Waals surface area contributed by atoms with Crippen molar-refractivity contribution in [1.82, 2.24) is 4.98 Å². The highest BCUT2D eigenvalue weighted by Gasteiger charge is 2.34. The summed E-state index contributed by atoms with van der Waals surface area (Å²) in [5, 5.41) is 14.1. The summed E-state index contributed by atoms with van der Waals surface area (Å²) in [4.78, 5) is 26.8. The van der Waals surface area contributed by atoms with Crippen LogP contribution in [0.15, 0.2) is 28.0 Å². The molecule has 1 aliphatic rings. The Morgan fingerprint density at radius 1 is 1.53 bits per heavy atom. The lowest BCUT2D eigenvalue weighted by atomic mass is 9.98. The van der Waals surface area contributed by atoms with Gasteiger partial charge in [-0.15, -0.1) is 0 Å². The van der Waals surface area contributed by atoms with Crippen molar-refractivity contribution >= 4 is 39.2 Å². The molecule has 0 aromatic carbocycles. The van der Waals surface area contributed by atoms with E-state index in [-0.39, 0.29) is 18.7 Å². The van der Waals surface area contributed by atoms with Crippen molar-refractivity contribution < 1.29 is 14.7 Å². The number of aromatic nitrogens is 1. The molecule has 0 saturated carbocycles. The maximum absolute atomic E-state index is 12.2. The molecule has 0 fully saturated rings. The Balaban J connectivity index is 2.18. The lowest BCUT2D eigenvalue weighted by molar-refractivity contribution is -0.137. The van der Waals surface area contributed by atoms with E-state index in [9.17, 15) is 9.59 Å². The molecular formula is C12H12BrN3O3. The molecular weight excluding hydrogens is 314 g/mol. The first kappa shape index (κ1) is 13.7. The Morgan fingerprint density at radius 3 is 2.89 bits per heavy atom. The predicted molar refractivity (Wildman–Crippen MR) is 72.9 cm³/mol. The fourth-order valence-corrected chi connectivity index (χ4v) is 2.26. The van der Waals surface area contributed by atoms with Gasteiger partial charge in [0.2, 0.25) is 0 Å². The first-order chi connectivity index (χ1) is 8.99.